The third-order valence-corrected chi connectivity index (χ3v) is 2.91. The second kappa shape index (κ2) is 6.74. The molecule has 1 aliphatic carbocycles. The van der Waals surface area contributed by atoms with Crippen LogP contribution in [0.4, 0.5) is 0 Å². The highest BCUT2D eigenvalue weighted by Gasteiger charge is 2.26. The van der Waals surface area contributed by atoms with Crippen LogP contribution in [0, 0.1) is 0 Å². The van der Waals surface area contributed by atoms with Gasteiger partial charge in [-0.1, -0.05) is 0 Å². The van der Waals surface area contributed by atoms with Gasteiger partial charge >= 0.3 is 11.8 Å². The van der Waals surface area contributed by atoms with Gasteiger partial charge in [0, 0.05) is 6.04 Å². The third kappa shape index (κ3) is 4.20. The average Bonchev–Trinajstić information content (AvgIpc) is 3.30. The van der Waals surface area contributed by atoms with Crippen molar-refractivity contribution in [1.82, 2.24) is 10.7 Å². The van der Waals surface area contributed by atoms with Crippen molar-refractivity contribution in [2.75, 3.05) is 14.2 Å². The first-order chi connectivity index (χ1) is 10.1. The molecule has 0 aromatic heterocycles. The third-order valence-electron chi connectivity index (χ3n) is 2.91. The van der Waals surface area contributed by atoms with Gasteiger partial charge in [-0.3, -0.25) is 9.59 Å². The van der Waals surface area contributed by atoms with Crippen molar-refractivity contribution in [2.45, 2.75) is 18.9 Å². The Morgan fingerprint density at radius 3 is 2.52 bits per heavy atom. The molecule has 2 N–H and O–H groups in total. The Morgan fingerprint density at radius 1 is 1.19 bits per heavy atom. The lowest BCUT2D eigenvalue weighted by atomic mass is 10.2. The molecule has 0 bridgehead atoms. The molecule has 1 aliphatic rings. The number of rotatable bonds is 5. The lowest BCUT2D eigenvalue weighted by Crippen LogP contribution is -2.38. The van der Waals surface area contributed by atoms with Gasteiger partial charge in [0.05, 0.1) is 20.4 Å². The summed E-state index contributed by atoms with van der Waals surface area (Å²) in [7, 11) is 3.08. The largest absolute Gasteiger partial charge is 0.493 e. The summed E-state index contributed by atoms with van der Waals surface area (Å²) in [5.41, 5.74) is 2.88. The fraction of sp³-hybridized carbons (Fsp3) is 0.357. The van der Waals surface area contributed by atoms with Gasteiger partial charge in [0.15, 0.2) is 11.5 Å². The zero-order valence-corrected chi connectivity index (χ0v) is 11.9. The van der Waals surface area contributed by atoms with E-state index in [9.17, 15) is 9.59 Å². The molecular formula is C14H17N3O4. The standard InChI is InChI=1S/C14H17N3O4/c1-20-11-6-3-9(7-12(11)21-2)8-15-17-14(19)13(18)16-10-4-5-10/h3,6-8,10H,4-5H2,1-2H3,(H,16,18)(H,17,19)/b15-8+. The molecule has 1 aromatic carbocycles. The lowest BCUT2D eigenvalue weighted by molar-refractivity contribution is -0.139. The minimum Gasteiger partial charge on any atom is -0.493 e. The van der Waals surface area contributed by atoms with Crippen LogP contribution in [0.15, 0.2) is 23.3 Å². The molecule has 1 fully saturated rings. The number of ether oxygens (including phenoxy) is 2. The number of methoxy groups -OCH3 is 2. The summed E-state index contributed by atoms with van der Waals surface area (Å²) in [6.45, 7) is 0. The summed E-state index contributed by atoms with van der Waals surface area (Å²) in [5.74, 6) is -0.290. The Balaban J connectivity index is 1.91. The number of hydrogen-bond donors (Lipinski definition) is 2. The van der Waals surface area contributed by atoms with Gasteiger partial charge in [0.25, 0.3) is 0 Å². The molecule has 0 radical (unpaired) electrons. The van der Waals surface area contributed by atoms with Crippen LogP contribution in [0.25, 0.3) is 0 Å². The zero-order valence-electron chi connectivity index (χ0n) is 11.9. The molecule has 21 heavy (non-hydrogen) atoms. The Kier molecular flexibility index (Phi) is 4.76. The van der Waals surface area contributed by atoms with E-state index in [0.29, 0.717) is 17.1 Å². The molecule has 2 rings (SSSR count). The molecule has 1 saturated carbocycles. The van der Waals surface area contributed by atoms with Gasteiger partial charge in [0.2, 0.25) is 0 Å². The molecule has 7 nitrogen and oxygen atoms in total. The molecule has 0 atom stereocenters. The van der Waals surface area contributed by atoms with Gasteiger partial charge < -0.3 is 14.8 Å². The van der Waals surface area contributed by atoms with Crippen LogP contribution in [-0.2, 0) is 9.59 Å². The Hall–Kier alpha value is -2.57. The highest BCUT2D eigenvalue weighted by atomic mass is 16.5. The fourth-order valence-electron chi connectivity index (χ4n) is 1.63. The number of amides is 2. The molecule has 0 unspecified atom stereocenters. The molecule has 0 heterocycles. The van der Waals surface area contributed by atoms with E-state index >= 15 is 0 Å². The van der Waals surface area contributed by atoms with Crippen molar-refractivity contribution in [1.29, 1.82) is 0 Å². The Labute approximate surface area is 122 Å². The van der Waals surface area contributed by atoms with Crippen LogP contribution in [0.5, 0.6) is 11.5 Å². The predicted octanol–water partition coefficient (Wildman–Crippen LogP) is 0.432. The molecule has 7 heteroatoms. The molecule has 112 valence electrons. The van der Waals surface area contributed by atoms with Crippen LogP contribution in [-0.4, -0.2) is 38.3 Å². The van der Waals surface area contributed by atoms with Crippen molar-refractivity contribution in [3.63, 3.8) is 0 Å². The van der Waals surface area contributed by atoms with Crippen LogP contribution in [0.1, 0.15) is 18.4 Å². The molecule has 0 spiro atoms. The summed E-state index contributed by atoms with van der Waals surface area (Å²) in [6, 6.07) is 5.32. The lowest BCUT2D eigenvalue weighted by Gasteiger charge is -2.07. The van der Waals surface area contributed by atoms with Crippen LogP contribution < -0.4 is 20.2 Å². The quantitative estimate of drug-likeness (QED) is 0.468. The van der Waals surface area contributed by atoms with Crippen molar-refractivity contribution >= 4 is 18.0 Å². The van der Waals surface area contributed by atoms with Crippen molar-refractivity contribution in [3.8, 4) is 11.5 Å². The number of benzene rings is 1. The molecule has 0 aliphatic heterocycles. The molecule has 1 aromatic rings. The summed E-state index contributed by atoms with van der Waals surface area (Å²) in [6.07, 6.45) is 3.27. The van der Waals surface area contributed by atoms with Crippen LogP contribution in [0.3, 0.4) is 0 Å². The number of hydrazone groups is 1. The highest BCUT2D eigenvalue weighted by molar-refractivity contribution is 6.35. The first kappa shape index (κ1) is 14.8. The van der Waals surface area contributed by atoms with Crippen molar-refractivity contribution < 1.29 is 19.1 Å². The maximum atomic E-state index is 11.4. The average molecular weight is 291 g/mol. The minimum absolute atomic E-state index is 0.137. The fourth-order valence-corrected chi connectivity index (χ4v) is 1.63. The van der Waals surface area contributed by atoms with Gasteiger partial charge in [-0.05, 0) is 36.6 Å². The number of nitrogens with one attached hydrogen (secondary N) is 2. The van der Waals surface area contributed by atoms with Crippen LogP contribution in [0.2, 0.25) is 0 Å². The predicted molar refractivity (Wildman–Crippen MR) is 76.4 cm³/mol. The first-order valence-electron chi connectivity index (χ1n) is 6.50. The van der Waals surface area contributed by atoms with E-state index in [2.05, 4.69) is 15.8 Å². The summed E-state index contributed by atoms with van der Waals surface area (Å²) >= 11 is 0. The Morgan fingerprint density at radius 2 is 1.90 bits per heavy atom. The summed E-state index contributed by atoms with van der Waals surface area (Å²) in [4.78, 5) is 22.8. The normalized spacial score (nSPS) is 13.8. The van der Waals surface area contributed by atoms with Crippen LogP contribution >= 0.6 is 0 Å². The van der Waals surface area contributed by atoms with E-state index in [1.54, 1.807) is 25.3 Å². The summed E-state index contributed by atoms with van der Waals surface area (Å²) in [5, 5.41) is 6.31. The first-order valence-corrected chi connectivity index (χ1v) is 6.50. The van der Waals surface area contributed by atoms with E-state index in [-0.39, 0.29) is 6.04 Å². The smallest absolute Gasteiger partial charge is 0.329 e. The van der Waals surface area contributed by atoms with Gasteiger partial charge in [-0.15, -0.1) is 0 Å². The summed E-state index contributed by atoms with van der Waals surface area (Å²) < 4.78 is 10.3. The SMILES string of the molecule is COc1ccc(/C=N/NC(=O)C(=O)NC2CC2)cc1OC. The number of hydrogen-bond acceptors (Lipinski definition) is 5. The second-order valence-corrected chi connectivity index (χ2v) is 4.56. The minimum atomic E-state index is -0.779. The second-order valence-electron chi connectivity index (χ2n) is 4.56. The topological polar surface area (TPSA) is 89.0 Å². The monoisotopic (exact) mass is 291 g/mol. The molecular weight excluding hydrogens is 274 g/mol. The maximum Gasteiger partial charge on any atom is 0.329 e. The van der Waals surface area contributed by atoms with Crippen molar-refractivity contribution in [2.24, 2.45) is 5.10 Å². The number of carbonyl (C=O) groups excluding carboxylic acids is 2. The van der Waals surface area contributed by atoms with E-state index in [4.69, 9.17) is 9.47 Å². The van der Waals surface area contributed by atoms with E-state index in [1.807, 2.05) is 0 Å². The number of carbonyl (C=O) groups is 2. The number of nitrogens with zero attached hydrogens (tertiary/aromatic N) is 1. The Bertz CT molecular complexity index is 567. The maximum absolute atomic E-state index is 11.4. The molecule has 2 amide bonds. The van der Waals surface area contributed by atoms with Crippen molar-refractivity contribution in [3.05, 3.63) is 23.8 Å². The van der Waals surface area contributed by atoms with E-state index in [1.165, 1.54) is 13.3 Å². The van der Waals surface area contributed by atoms with E-state index in [0.717, 1.165) is 12.8 Å². The van der Waals surface area contributed by atoms with Gasteiger partial charge in [-0.25, -0.2) is 5.43 Å². The van der Waals surface area contributed by atoms with Gasteiger partial charge in [-0.2, -0.15) is 5.10 Å². The van der Waals surface area contributed by atoms with Gasteiger partial charge in [0.1, 0.15) is 0 Å². The zero-order chi connectivity index (χ0) is 15.2. The van der Waals surface area contributed by atoms with E-state index < -0.39 is 11.8 Å². The highest BCUT2D eigenvalue weighted by Crippen LogP contribution is 2.26. The molecule has 0 saturated heterocycles.